The van der Waals surface area contributed by atoms with Gasteiger partial charge in [0.2, 0.25) is 5.91 Å². The van der Waals surface area contributed by atoms with Crippen LogP contribution < -0.4 is 0 Å². The van der Waals surface area contributed by atoms with Crippen molar-refractivity contribution in [2.75, 3.05) is 13.1 Å². The van der Waals surface area contributed by atoms with Crippen molar-refractivity contribution in [2.24, 2.45) is 0 Å². The van der Waals surface area contributed by atoms with Crippen molar-refractivity contribution in [2.45, 2.75) is 32.6 Å². The van der Waals surface area contributed by atoms with Gasteiger partial charge < -0.3 is 9.88 Å². The van der Waals surface area contributed by atoms with E-state index in [1.807, 2.05) is 18.0 Å². The number of carbonyl (C=O) groups is 1. The Balaban J connectivity index is 1.60. The Morgan fingerprint density at radius 1 is 1.50 bits per heavy atom. The Morgan fingerprint density at radius 3 is 3.00 bits per heavy atom. The van der Waals surface area contributed by atoms with Gasteiger partial charge in [-0.3, -0.25) is 4.79 Å². The quantitative estimate of drug-likeness (QED) is 0.944. The monoisotopic (exact) mass is 289 g/mol. The van der Waals surface area contributed by atoms with Crippen molar-refractivity contribution in [1.29, 1.82) is 0 Å². The van der Waals surface area contributed by atoms with Gasteiger partial charge >= 0.3 is 0 Å². The van der Waals surface area contributed by atoms with E-state index in [1.165, 1.54) is 4.88 Å². The summed E-state index contributed by atoms with van der Waals surface area (Å²) in [5, 5.41) is 0. The van der Waals surface area contributed by atoms with E-state index in [9.17, 15) is 4.79 Å². The van der Waals surface area contributed by atoms with Crippen molar-refractivity contribution >= 4 is 17.2 Å². The van der Waals surface area contributed by atoms with Crippen LogP contribution in [0.25, 0.3) is 0 Å². The molecule has 0 radical (unpaired) electrons. The number of aromatic amines is 1. The highest BCUT2D eigenvalue weighted by atomic mass is 32.1. The first-order chi connectivity index (χ1) is 9.61. The number of carbonyl (C=O) groups excluding carboxylic acids is 1. The molecule has 1 atom stereocenters. The topological polar surface area (TPSA) is 49.0 Å². The van der Waals surface area contributed by atoms with Gasteiger partial charge in [-0.1, -0.05) is 0 Å². The molecule has 1 fully saturated rings. The summed E-state index contributed by atoms with van der Waals surface area (Å²) in [7, 11) is 0. The lowest BCUT2D eigenvalue weighted by molar-refractivity contribution is -0.129. The Kier molecular flexibility index (Phi) is 3.61. The number of rotatable bonds is 3. The number of nitrogens with zero attached hydrogens (tertiary/aromatic N) is 2. The molecule has 0 unspecified atom stereocenters. The van der Waals surface area contributed by atoms with E-state index in [1.54, 1.807) is 11.3 Å². The normalized spacial score (nSPS) is 18.7. The van der Waals surface area contributed by atoms with Crippen LogP contribution in [-0.2, 0) is 11.2 Å². The van der Waals surface area contributed by atoms with Gasteiger partial charge in [0.1, 0.15) is 5.82 Å². The smallest absolute Gasteiger partial charge is 0.227 e. The standard InChI is InChI=1S/C15H19N3OS/c1-10-8-16-15(17-10)12-5-6-18(9-12)14(19)7-13-4-3-11(2)20-13/h3-4,8,12H,5-7,9H2,1-2H3,(H,16,17)/t12-/m1/s1. The molecular weight excluding hydrogens is 270 g/mol. The van der Waals surface area contributed by atoms with E-state index in [4.69, 9.17) is 0 Å². The summed E-state index contributed by atoms with van der Waals surface area (Å²) in [5.74, 6) is 1.61. The number of aryl methyl sites for hydroxylation is 2. The first kappa shape index (κ1) is 13.4. The zero-order valence-corrected chi connectivity index (χ0v) is 12.7. The zero-order valence-electron chi connectivity index (χ0n) is 11.8. The van der Waals surface area contributed by atoms with Crippen LogP contribution in [0, 0.1) is 13.8 Å². The minimum atomic E-state index is 0.234. The lowest BCUT2D eigenvalue weighted by Gasteiger charge is -2.15. The molecule has 0 aliphatic carbocycles. The second-order valence-electron chi connectivity index (χ2n) is 5.47. The maximum absolute atomic E-state index is 12.3. The molecule has 1 N–H and O–H groups in total. The van der Waals surface area contributed by atoms with Gasteiger partial charge in [0.05, 0.1) is 6.42 Å². The molecule has 5 heteroatoms. The molecule has 3 heterocycles. The molecule has 106 valence electrons. The van der Waals surface area contributed by atoms with Gasteiger partial charge in [-0.2, -0.15) is 0 Å². The molecule has 3 rings (SSSR count). The number of likely N-dealkylation sites (tertiary alicyclic amines) is 1. The molecule has 2 aromatic heterocycles. The van der Waals surface area contributed by atoms with E-state index < -0.39 is 0 Å². The molecule has 1 aliphatic heterocycles. The summed E-state index contributed by atoms with van der Waals surface area (Å²) in [6.45, 7) is 5.71. The molecular formula is C15H19N3OS. The van der Waals surface area contributed by atoms with Crippen LogP contribution in [0.4, 0.5) is 0 Å². The first-order valence-corrected chi connectivity index (χ1v) is 7.78. The van der Waals surface area contributed by atoms with Crippen LogP contribution in [0.3, 0.4) is 0 Å². The Morgan fingerprint density at radius 2 is 2.35 bits per heavy atom. The SMILES string of the molecule is Cc1cnc([C@@H]2CCN(C(=O)Cc3ccc(C)s3)C2)[nH]1. The number of imidazole rings is 1. The largest absolute Gasteiger partial charge is 0.346 e. The van der Waals surface area contributed by atoms with Gasteiger partial charge in [0, 0.05) is 40.7 Å². The van der Waals surface area contributed by atoms with E-state index in [0.717, 1.165) is 35.9 Å². The lowest BCUT2D eigenvalue weighted by atomic mass is 10.1. The van der Waals surface area contributed by atoms with Gasteiger partial charge in [-0.05, 0) is 32.4 Å². The van der Waals surface area contributed by atoms with Crippen LogP contribution in [0.1, 0.15) is 33.6 Å². The van der Waals surface area contributed by atoms with Gasteiger partial charge in [-0.15, -0.1) is 11.3 Å². The molecule has 1 aliphatic rings. The molecule has 4 nitrogen and oxygen atoms in total. The third-order valence-corrected chi connectivity index (χ3v) is 4.77. The number of hydrogen-bond donors (Lipinski definition) is 1. The van der Waals surface area contributed by atoms with Crippen molar-refractivity contribution < 1.29 is 4.79 Å². The molecule has 0 bridgehead atoms. The fourth-order valence-corrected chi connectivity index (χ4v) is 3.57. The van der Waals surface area contributed by atoms with Crippen molar-refractivity contribution in [3.8, 4) is 0 Å². The fourth-order valence-electron chi connectivity index (χ4n) is 2.69. The third kappa shape index (κ3) is 2.77. The summed E-state index contributed by atoms with van der Waals surface area (Å²) < 4.78 is 0. The van der Waals surface area contributed by atoms with Gasteiger partial charge in [0.15, 0.2) is 0 Å². The van der Waals surface area contributed by atoms with Crippen LogP contribution >= 0.6 is 11.3 Å². The van der Waals surface area contributed by atoms with Gasteiger partial charge in [0.25, 0.3) is 0 Å². The van der Waals surface area contributed by atoms with Crippen molar-refractivity contribution in [3.05, 3.63) is 39.6 Å². The third-order valence-electron chi connectivity index (χ3n) is 3.77. The highest BCUT2D eigenvalue weighted by Gasteiger charge is 2.28. The van der Waals surface area contributed by atoms with Crippen molar-refractivity contribution in [3.63, 3.8) is 0 Å². The number of hydrogen-bond acceptors (Lipinski definition) is 3. The summed E-state index contributed by atoms with van der Waals surface area (Å²) in [6.07, 6.45) is 3.39. The average molecular weight is 289 g/mol. The van der Waals surface area contributed by atoms with E-state index in [-0.39, 0.29) is 5.91 Å². The summed E-state index contributed by atoms with van der Waals surface area (Å²) >= 11 is 1.71. The molecule has 0 saturated carbocycles. The molecule has 1 saturated heterocycles. The molecule has 20 heavy (non-hydrogen) atoms. The van der Waals surface area contributed by atoms with E-state index in [2.05, 4.69) is 29.0 Å². The number of thiophene rings is 1. The average Bonchev–Trinajstić information content (AvgIpc) is 3.10. The minimum absolute atomic E-state index is 0.234. The fraction of sp³-hybridized carbons (Fsp3) is 0.467. The predicted octanol–water partition coefficient (Wildman–Crippen LogP) is 2.65. The number of nitrogens with one attached hydrogen (secondary N) is 1. The van der Waals surface area contributed by atoms with E-state index in [0.29, 0.717) is 12.3 Å². The van der Waals surface area contributed by atoms with E-state index >= 15 is 0 Å². The van der Waals surface area contributed by atoms with Crippen LogP contribution in [0.15, 0.2) is 18.3 Å². The molecule has 1 amide bonds. The molecule has 2 aromatic rings. The maximum Gasteiger partial charge on any atom is 0.227 e. The number of aromatic nitrogens is 2. The number of H-pyrrole nitrogens is 1. The second-order valence-corrected chi connectivity index (χ2v) is 6.84. The van der Waals surface area contributed by atoms with Crippen LogP contribution in [-0.4, -0.2) is 33.9 Å². The van der Waals surface area contributed by atoms with Crippen molar-refractivity contribution in [1.82, 2.24) is 14.9 Å². The Bertz CT molecular complexity index is 616. The second kappa shape index (κ2) is 5.40. The molecule has 0 spiro atoms. The van der Waals surface area contributed by atoms with Crippen LogP contribution in [0.5, 0.6) is 0 Å². The summed E-state index contributed by atoms with van der Waals surface area (Å²) in [4.78, 5) is 24.4. The zero-order chi connectivity index (χ0) is 14.1. The summed E-state index contributed by atoms with van der Waals surface area (Å²) in [6, 6.07) is 4.13. The van der Waals surface area contributed by atoms with Gasteiger partial charge in [-0.25, -0.2) is 4.98 Å². The highest BCUT2D eigenvalue weighted by molar-refractivity contribution is 7.12. The van der Waals surface area contributed by atoms with Crippen LogP contribution in [0.2, 0.25) is 0 Å². The minimum Gasteiger partial charge on any atom is -0.346 e. The first-order valence-electron chi connectivity index (χ1n) is 6.96. The lowest BCUT2D eigenvalue weighted by Crippen LogP contribution is -2.29. The highest BCUT2D eigenvalue weighted by Crippen LogP contribution is 2.26. The maximum atomic E-state index is 12.3. The Labute approximate surface area is 122 Å². The predicted molar refractivity (Wildman–Crippen MR) is 80.0 cm³/mol. The summed E-state index contributed by atoms with van der Waals surface area (Å²) in [5.41, 5.74) is 1.08. The molecule has 0 aromatic carbocycles. The number of amides is 1. The Hall–Kier alpha value is -1.62.